The highest BCUT2D eigenvalue weighted by Crippen LogP contribution is 2.26. The van der Waals surface area contributed by atoms with E-state index in [9.17, 15) is 8.78 Å². The predicted octanol–water partition coefficient (Wildman–Crippen LogP) is 4.23. The molecule has 0 spiro atoms. The van der Waals surface area contributed by atoms with Gasteiger partial charge in [0.1, 0.15) is 5.82 Å². The van der Waals surface area contributed by atoms with Crippen LogP contribution in [0.2, 0.25) is 0 Å². The second kappa shape index (κ2) is 5.69. The van der Waals surface area contributed by atoms with E-state index in [-0.39, 0.29) is 17.6 Å². The summed E-state index contributed by atoms with van der Waals surface area (Å²) >= 11 is 0. The van der Waals surface area contributed by atoms with E-state index in [0.717, 1.165) is 12.0 Å². The topological polar surface area (TPSA) is 32.3 Å². The summed E-state index contributed by atoms with van der Waals surface area (Å²) in [5, 5.41) is 12.3. The van der Waals surface area contributed by atoms with Crippen LogP contribution < -0.4 is 5.32 Å². The van der Waals surface area contributed by atoms with Gasteiger partial charge < -0.3 is 10.4 Å². The van der Waals surface area contributed by atoms with Gasteiger partial charge in [-0.3, -0.25) is 0 Å². The Hall–Kier alpha value is -2.10. The average molecular weight is 263 g/mol. The molecule has 1 unspecified atom stereocenters. The maximum Gasteiger partial charge on any atom is 0.166 e. The standard InChI is InChI=1S/C15H15F2NO/c1-2-14(10-4-3-5-11(16)8-10)18-12-6-7-15(19)13(17)9-12/h3-9,14,18-19H,2H2,1H3. The Labute approximate surface area is 110 Å². The summed E-state index contributed by atoms with van der Waals surface area (Å²) in [5.74, 6) is -1.36. The minimum absolute atomic E-state index is 0.111. The third-order valence-electron chi connectivity index (χ3n) is 2.95. The minimum atomic E-state index is -0.681. The van der Waals surface area contributed by atoms with Crippen molar-refractivity contribution in [2.24, 2.45) is 0 Å². The lowest BCUT2D eigenvalue weighted by Crippen LogP contribution is -2.10. The first-order chi connectivity index (χ1) is 9.10. The van der Waals surface area contributed by atoms with Crippen molar-refractivity contribution in [3.8, 4) is 5.75 Å². The van der Waals surface area contributed by atoms with Gasteiger partial charge in [0.25, 0.3) is 0 Å². The van der Waals surface area contributed by atoms with Crippen LogP contribution in [0, 0.1) is 11.6 Å². The molecule has 2 rings (SSSR count). The molecule has 0 amide bonds. The minimum Gasteiger partial charge on any atom is -0.505 e. The van der Waals surface area contributed by atoms with E-state index in [1.807, 2.05) is 13.0 Å². The predicted molar refractivity (Wildman–Crippen MR) is 71.1 cm³/mol. The zero-order chi connectivity index (χ0) is 13.8. The van der Waals surface area contributed by atoms with Crippen LogP contribution in [0.15, 0.2) is 42.5 Å². The molecule has 0 radical (unpaired) electrons. The van der Waals surface area contributed by atoms with E-state index in [1.54, 1.807) is 12.1 Å². The lowest BCUT2D eigenvalue weighted by molar-refractivity contribution is 0.432. The van der Waals surface area contributed by atoms with Crippen LogP contribution in [0.1, 0.15) is 24.9 Å². The van der Waals surface area contributed by atoms with Crippen molar-refractivity contribution in [1.82, 2.24) is 0 Å². The lowest BCUT2D eigenvalue weighted by Gasteiger charge is -2.19. The van der Waals surface area contributed by atoms with Crippen LogP contribution in [-0.4, -0.2) is 5.11 Å². The Balaban J connectivity index is 2.21. The van der Waals surface area contributed by atoms with Crippen molar-refractivity contribution >= 4 is 5.69 Å². The van der Waals surface area contributed by atoms with Crippen molar-refractivity contribution in [1.29, 1.82) is 0 Å². The molecule has 0 aliphatic carbocycles. The maximum atomic E-state index is 13.3. The van der Waals surface area contributed by atoms with Crippen LogP contribution >= 0.6 is 0 Å². The summed E-state index contributed by atoms with van der Waals surface area (Å²) in [6.07, 6.45) is 0.728. The number of hydrogen-bond donors (Lipinski definition) is 2. The molecule has 100 valence electrons. The number of aromatic hydroxyl groups is 1. The van der Waals surface area contributed by atoms with Gasteiger partial charge in [-0.05, 0) is 36.2 Å². The first-order valence-corrected chi connectivity index (χ1v) is 6.10. The number of phenols is 1. The van der Waals surface area contributed by atoms with Gasteiger partial charge in [-0.25, -0.2) is 8.78 Å². The second-order valence-electron chi connectivity index (χ2n) is 4.33. The van der Waals surface area contributed by atoms with Gasteiger partial charge in [0.2, 0.25) is 0 Å². The third kappa shape index (κ3) is 3.22. The SMILES string of the molecule is CCC(Nc1ccc(O)c(F)c1)c1cccc(F)c1. The fourth-order valence-corrected chi connectivity index (χ4v) is 1.94. The van der Waals surface area contributed by atoms with E-state index >= 15 is 0 Å². The van der Waals surface area contributed by atoms with Crippen molar-refractivity contribution in [3.05, 3.63) is 59.7 Å². The molecule has 0 aromatic heterocycles. The van der Waals surface area contributed by atoms with E-state index in [2.05, 4.69) is 5.32 Å². The molecule has 0 aliphatic heterocycles. The molecule has 2 N–H and O–H groups in total. The maximum absolute atomic E-state index is 13.3. The number of hydrogen-bond acceptors (Lipinski definition) is 2. The molecule has 2 aromatic rings. The normalized spacial score (nSPS) is 12.2. The molecule has 2 aromatic carbocycles. The Kier molecular flexibility index (Phi) is 4.00. The number of halogens is 2. The van der Waals surface area contributed by atoms with Crippen molar-refractivity contribution < 1.29 is 13.9 Å². The molecule has 0 aliphatic rings. The number of phenolic OH excluding ortho intramolecular Hbond substituents is 1. The molecule has 0 saturated carbocycles. The molecular formula is C15H15F2NO. The van der Waals surface area contributed by atoms with Gasteiger partial charge in [0.15, 0.2) is 11.6 Å². The number of nitrogens with one attached hydrogen (secondary N) is 1. The van der Waals surface area contributed by atoms with Crippen LogP contribution in [0.25, 0.3) is 0 Å². The smallest absolute Gasteiger partial charge is 0.166 e. The molecule has 0 bridgehead atoms. The highest BCUT2D eigenvalue weighted by atomic mass is 19.1. The fraction of sp³-hybridized carbons (Fsp3) is 0.200. The number of rotatable bonds is 4. The highest BCUT2D eigenvalue weighted by molar-refractivity contribution is 5.48. The first kappa shape index (κ1) is 13.3. The summed E-state index contributed by atoms with van der Waals surface area (Å²) in [7, 11) is 0. The molecular weight excluding hydrogens is 248 g/mol. The molecule has 1 atom stereocenters. The Bertz CT molecular complexity index is 572. The van der Waals surface area contributed by atoms with E-state index in [4.69, 9.17) is 5.11 Å². The highest BCUT2D eigenvalue weighted by Gasteiger charge is 2.11. The summed E-state index contributed by atoms with van der Waals surface area (Å²) in [4.78, 5) is 0. The van der Waals surface area contributed by atoms with Crippen LogP contribution in [-0.2, 0) is 0 Å². The summed E-state index contributed by atoms with van der Waals surface area (Å²) in [6.45, 7) is 1.96. The lowest BCUT2D eigenvalue weighted by atomic mass is 10.0. The molecule has 4 heteroatoms. The summed E-state index contributed by atoms with van der Waals surface area (Å²) < 4.78 is 26.4. The van der Waals surface area contributed by atoms with Gasteiger partial charge in [0.05, 0.1) is 6.04 Å². The summed E-state index contributed by atoms with van der Waals surface area (Å²) in [5.41, 5.74) is 1.35. The largest absolute Gasteiger partial charge is 0.505 e. The van der Waals surface area contributed by atoms with Gasteiger partial charge >= 0.3 is 0 Å². The Morgan fingerprint density at radius 1 is 1.16 bits per heavy atom. The fourth-order valence-electron chi connectivity index (χ4n) is 1.94. The second-order valence-corrected chi connectivity index (χ2v) is 4.33. The van der Waals surface area contributed by atoms with Gasteiger partial charge in [-0.2, -0.15) is 0 Å². The van der Waals surface area contributed by atoms with Crippen molar-refractivity contribution in [2.75, 3.05) is 5.32 Å². The average Bonchev–Trinajstić information content (AvgIpc) is 2.40. The van der Waals surface area contributed by atoms with Crippen molar-refractivity contribution in [3.63, 3.8) is 0 Å². The number of benzene rings is 2. The van der Waals surface area contributed by atoms with Crippen LogP contribution in [0.3, 0.4) is 0 Å². The van der Waals surface area contributed by atoms with Gasteiger partial charge in [0, 0.05) is 11.8 Å². The van der Waals surface area contributed by atoms with Crippen LogP contribution in [0.5, 0.6) is 5.75 Å². The quantitative estimate of drug-likeness (QED) is 0.809. The van der Waals surface area contributed by atoms with Crippen LogP contribution in [0.4, 0.5) is 14.5 Å². The van der Waals surface area contributed by atoms with E-state index < -0.39 is 5.82 Å². The Morgan fingerprint density at radius 3 is 2.58 bits per heavy atom. The van der Waals surface area contributed by atoms with Gasteiger partial charge in [-0.15, -0.1) is 0 Å². The van der Waals surface area contributed by atoms with E-state index in [0.29, 0.717) is 5.69 Å². The third-order valence-corrected chi connectivity index (χ3v) is 2.95. The van der Waals surface area contributed by atoms with Gasteiger partial charge in [-0.1, -0.05) is 19.1 Å². The summed E-state index contributed by atoms with van der Waals surface area (Å²) in [6, 6.07) is 10.3. The molecule has 0 fully saturated rings. The zero-order valence-corrected chi connectivity index (χ0v) is 10.5. The van der Waals surface area contributed by atoms with Crippen molar-refractivity contribution in [2.45, 2.75) is 19.4 Å². The molecule has 2 nitrogen and oxygen atoms in total. The van der Waals surface area contributed by atoms with E-state index in [1.165, 1.54) is 24.3 Å². The molecule has 0 heterocycles. The molecule has 0 saturated heterocycles. The Morgan fingerprint density at radius 2 is 1.95 bits per heavy atom. The zero-order valence-electron chi connectivity index (χ0n) is 10.5. The molecule has 19 heavy (non-hydrogen) atoms. The monoisotopic (exact) mass is 263 g/mol. The first-order valence-electron chi connectivity index (χ1n) is 6.10. The number of anilines is 1.